The largest absolute Gasteiger partial charge is 0.185 e. The van der Waals surface area contributed by atoms with Crippen LogP contribution in [-0.2, 0) is 0 Å². The molecule has 0 atom stereocenters. The fourth-order valence-corrected chi connectivity index (χ4v) is 2.73. The van der Waals surface area contributed by atoms with E-state index in [0.29, 0.717) is 0 Å². The second-order valence-corrected chi connectivity index (χ2v) is 5.94. The van der Waals surface area contributed by atoms with Crippen molar-refractivity contribution in [3.8, 4) is 5.40 Å². The lowest BCUT2D eigenvalue weighted by molar-refractivity contribution is 0.793. The SMILES string of the molecule is C=C/C=C1\CCCC(/C=C/C)=C1S.C=C/C=C\C(=C/C)SC#N.CC.CC. The van der Waals surface area contributed by atoms with Gasteiger partial charge in [-0.25, -0.2) is 0 Å². The van der Waals surface area contributed by atoms with Crippen molar-refractivity contribution in [2.75, 3.05) is 0 Å². The summed E-state index contributed by atoms with van der Waals surface area (Å²) in [5.74, 6) is 0. The molecule has 3 heteroatoms. The molecule has 0 aliphatic heterocycles. The average Bonchev–Trinajstić information content (AvgIpc) is 2.72. The van der Waals surface area contributed by atoms with E-state index in [1.165, 1.54) is 17.6 Å². The maximum atomic E-state index is 8.28. The van der Waals surface area contributed by atoms with Crippen molar-refractivity contribution in [3.05, 3.63) is 82.7 Å². The van der Waals surface area contributed by atoms with Gasteiger partial charge in [0.25, 0.3) is 0 Å². The van der Waals surface area contributed by atoms with Crippen LogP contribution in [0.5, 0.6) is 0 Å². The van der Waals surface area contributed by atoms with Crippen molar-refractivity contribution < 1.29 is 0 Å². The molecule has 1 nitrogen and oxygen atoms in total. The Balaban J connectivity index is -0.000000369. The Morgan fingerprint density at radius 3 is 2.19 bits per heavy atom. The average molecular weight is 404 g/mol. The maximum absolute atomic E-state index is 8.28. The van der Waals surface area contributed by atoms with Crippen LogP contribution < -0.4 is 0 Å². The van der Waals surface area contributed by atoms with Crippen LogP contribution in [0.25, 0.3) is 0 Å². The summed E-state index contributed by atoms with van der Waals surface area (Å²) in [4.78, 5) is 2.09. The van der Waals surface area contributed by atoms with Gasteiger partial charge in [0.15, 0.2) is 0 Å². The Labute approximate surface area is 178 Å². The monoisotopic (exact) mass is 403 g/mol. The highest BCUT2D eigenvalue weighted by molar-refractivity contribution is 8.07. The molecule has 0 radical (unpaired) electrons. The first-order valence-electron chi connectivity index (χ1n) is 9.52. The van der Waals surface area contributed by atoms with Gasteiger partial charge in [0, 0.05) is 9.81 Å². The van der Waals surface area contributed by atoms with Crippen molar-refractivity contribution >= 4 is 24.4 Å². The summed E-state index contributed by atoms with van der Waals surface area (Å²) in [6.45, 7) is 19.2. The number of nitrogens with zero attached hydrogens (tertiary/aromatic N) is 1. The minimum absolute atomic E-state index is 0.947. The van der Waals surface area contributed by atoms with Gasteiger partial charge in [-0.2, -0.15) is 5.26 Å². The predicted octanol–water partition coefficient (Wildman–Crippen LogP) is 8.94. The minimum Gasteiger partial charge on any atom is -0.185 e. The summed E-state index contributed by atoms with van der Waals surface area (Å²) in [6, 6.07) is 0. The van der Waals surface area contributed by atoms with E-state index in [1.807, 2.05) is 65.2 Å². The quantitative estimate of drug-likeness (QED) is 0.281. The molecule has 0 saturated heterocycles. The van der Waals surface area contributed by atoms with Gasteiger partial charge >= 0.3 is 0 Å². The van der Waals surface area contributed by atoms with Crippen LogP contribution in [0.2, 0.25) is 0 Å². The zero-order valence-electron chi connectivity index (χ0n) is 18.0. The fraction of sp³-hybridized carbons (Fsp3) is 0.375. The lowest BCUT2D eigenvalue weighted by Gasteiger charge is -2.17. The summed E-state index contributed by atoms with van der Waals surface area (Å²) < 4.78 is 0. The van der Waals surface area contributed by atoms with Gasteiger partial charge in [-0.05, 0) is 62.1 Å². The van der Waals surface area contributed by atoms with Crippen molar-refractivity contribution in [2.45, 2.75) is 60.8 Å². The first kappa shape index (κ1) is 30.1. The molecule has 0 aromatic heterocycles. The second-order valence-electron chi connectivity index (χ2n) is 4.63. The smallest absolute Gasteiger partial charge is 0.138 e. The number of thiocyanates is 1. The number of hydrogen-bond donors (Lipinski definition) is 1. The van der Waals surface area contributed by atoms with Crippen LogP contribution >= 0.6 is 24.4 Å². The molecule has 1 aliphatic carbocycles. The van der Waals surface area contributed by atoms with E-state index >= 15 is 0 Å². The lowest BCUT2D eigenvalue weighted by Crippen LogP contribution is -1.97. The van der Waals surface area contributed by atoms with Gasteiger partial charge in [0.1, 0.15) is 5.40 Å². The number of allylic oxidation sites excluding steroid dienone is 10. The van der Waals surface area contributed by atoms with E-state index in [0.717, 1.165) is 34.4 Å². The first-order valence-corrected chi connectivity index (χ1v) is 10.8. The van der Waals surface area contributed by atoms with Crippen LogP contribution in [-0.4, -0.2) is 0 Å². The van der Waals surface area contributed by atoms with Gasteiger partial charge in [0.05, 0.1) is 0 Å². The van der Waals surface area contributed by atoms with Gasteiger partial charge in [-0.3, -0.25) is 0 Å². The van der Waals surface area contributed by atoms with Crippen LogP contribution in [0.15, 0.2) is 82.7 Å². The van der Waals surface area contributed by atoms with E-state index in [4.69, 9.17) is 5.26 Å². The normalized spacial score (nSPS) is 15.0. The Bertz CT molecular complexity index is 582. The fourth-order valence-electron chi connectivity index (χ4n) is 1.99. The Hall–Kier alpha value is -1.63. The van der Waals surface area contributed by atoms with Crippen molar-refractivity contribution in [1.29, 1.82) is 5.26 Å². The van der Waals surface area contributed by atoms with Gasteiger partial charge in [-0.1, -0.05) is 83.4 Å². The highest BCUT2D eigenvalue weighted by Gasteiger charge is 2.11. The summed E-state index contributed by atoms with van der Waals surface area (Å²) in [7, 11) is 0. The van der Waals surface area contributed by atoms with E-state index in [-0.39, 0.29) is 0 Å². The zero-order valence-corrected chi connectivity index (χ0v) is 19.7. The highest BCUT2D eigenvalue weighted by Crippen LogP contribution is 2.32. The van der Waals surface area contributed by atoms with E-state index in [2.05, 4.69) is 44.0 Å². The van der Waals surface area contributed by atoms with Crippen LogP contribution in [0.1, 0.15) is 60.8 Å². The molecule has 1 rings (SSSR count). The molecule has 0 saturated carbocycles. The van der Waals surface area contributed by atoms with Gasteiger partial charge < -0.3 is 0 Å². The molecule has 0 amide bonds. The predicted molar refractivity (Wildman–Crippen MR) is 132 cm³/mol. The highest BCUT2D eigenvalue weighted by atomic mass is 32.2. The third kappa shape index (κ3) is 16.3. The molecule has 1 aliphatic rings. The van der Waals surface area contributed by atoms with Crippen LogP contribution in [0.3, 0.4) is 0 Å². The van der Waals surface area contributed by atoms with Crippen LogP contribution in [0, 0.1) is 10.7 Å². The van der Waals surface area contributed by atoms with E-state index < -0.39 is 0 Å². The van der Waals surface area contributed by atoms with Gasteiger partial charge in [0.2, 0.25) is 0 Å². The molecular weight excluding hydrogens is 366 g/mol. The third-order valence-corrected chi connectivity index (χ3v) is 4.31. The second kappa shape index (κ2) is 24.4. The summed E-state index contributed by atoms with van der Waals surface area (Å²) >= 11 is 5.68. The molecule has 0 fully saturated rings. The van der Waals surface area contributed by atoms with Gasteiger partial charge in [-0.15, -0.1) is 12.6 Å². The summed E-state index contributed by atoms with van der Waals surface area (Å²) in [6.07, 6.45) is 18.8. The molecule has 150 valence electrons. The number of hydrogen-bond acceptors (Lipinski definition) is 3. The molecule has 0 unspecified atom stereocenters. The molecule has 0 bridgehead atoms. The molecule has 27 heavy (non-hydrogen) atoms. The Kier molecular flexibility index (Phi) is 27.2. The molecule has 0 N–H and O–H groups in total. The number of rotatable bonds is 5. The Morgan fingerprint density at radius 1 is 1.11 bits per heavy atom. The lowest BCUT2D eigenvalue weighted by atomic mass is 9.94. The van der Waals surface area contributed by atoms with Crippen molar-refractivity contribution in [1.82, 2.24) is 0 Å². The third-order valence-electron chi connectivity index (χ3n) is 3.03. The summed E-state index contributed by atoms with van der Waals surface area (Å²) in [5, 5.41) is 10.3. The van der Waals surface area contributed by atoms with E-state index in [1.54, 1.807) is 12.2 Å². The maximum Gasteiger partial charge on any atom is 0.138 e. The zero-order chi connectivity index (χ0) is 21.5. The number of thiol groups is 1. The summed E-state index contributed by atoms with van der Waals surface area (Å²) in [5.41, 5.74) is 2.67. The molecule has 0 heterocycles. The Morgan fingerprint density at radius 2 is 1.74 bits per heavy atom. The molecular formula is C24H37NS2. The van der Waals surface area contributed by atoms with Crippen molar-refractivity contribution in [3.63, 3.8) is 0 Å². The molecule has 0 aromatic carbocycles. The number of thioether (sulfide) groups is 1. The minimum atomic E-state index is 0.947. The van der Waals surface area contributed by atoms with E-state index in [9.17, 15) is 0 Å². The number of nitriles is 1. The standard InChI is InChI=1S/C12H16S.C8H9NS.2C2H6/c1-3-6-10-8-5-9-11(7-4-2)12(10)13;1-3-5-6-8(4-2)10-7-9;2*1-2/h3-4,6-7,13H,1,5,8-9H2,2H3;3-6H,1H2,2H3;2*1-2H3/b7-4+,10-6+;6-5-,8-4+;;. The molecule has 0 spiro atoms. The molecule has 0 aromatic rings. The van der Waals surface area contributed by atoms with Crippen molar-refractivity contribution in [2.24, 2.45) is 0 Å². The topological polar surface area (TPSA) is 23.8 Å². The van der Waals surface area contributed by atoms with Crippen LogP contribution in [0.4, 0.5) is 0 Å². The first-order chi connectivity index (χ1) is 13.1.